The van der Waals surface area contributed by atoms with Crippen LogP contribution in [-0.4, -0.2) is 54.4 Å². The van der Waals surface area contributed by atoms with E-state index in [4.69, 9.17) is 4.74 Å². The first-order valence-electron chi connectivity index (χ1n) is 8.94. The van der Waals surface area contributed by atoms with Crippen molar-refractivity contribution in [2.75, 3.05) is 27.2 Å². The highest BCUT2D eigenvalue weighted by Crippen LogP contribution is 2.40. The zero-order chi connectivity index (χ0) is 18.4. The van der Waals surface area contributed by atoms with Crippen LogP contribution in [0.15, 0.2) is 18.2 Å². The van der Waals surface area contributed by atoms with Crippen molar-refractivity contribution < 1.29 is 14.3 Å². The van der Waals surface area contributed by atoms with Gasteiger partial charge in [0.15, 0.2) is 5.78 Å². The van der Waals surface area contributed by atoms with E-state index in [0.29, 0.717) is 43.7 Å². The summed E-state index contributed by atoms with van der Waals surface area (Å²) in [5.41, 5.74) is 1.38. The maximum atomic E-state index is 12.8. The molecule has 1 spiro atoms. The number of hydrogen-bond acceptors (Lipinski definition) is 3. The van der Waals surface area contributed by atoms with Crippen LogP contribution < -0.4 is 4.74 Å². The number of ether oxygens (including phenoxy) is 1. The smallest absolute Gasteiger partial charge is 0.319 e. The highest BCUT2D eigenvalue weighted by molar-refractivity contribution is 6.00. The zero-order valence-electron chi connectivity index (χ0n) is 15.9. The van der Waals surface area contributed by atoms with Crippen molar-refractivity contribution >= 4 is 11.8 Å². The predicted octanol–water partition coefficient (Wildman–Crippen LogP) is 3.47. The van der Waals surface area contributed by atoms with Crippen LogP contribution in [0.5, 0.6) is 5.75 Å². The molecule has 2 amide bonds. The molecule has 0 aromatic heterocycles. The molecule has 136 valence electrons. The average Bonchev–Trinajstić information content (AvgIpc) is 2.53. The summed E-state index contributed by atoms with van der Waals surface area (Å²) in [6, 6.07) is 5.99. The second kappa shape index (κ2) is 6.04. The molecule has 5 nitrogen and oxygen atoms in total. The van der Waals surface area contributed by atoms with Gasteiger partial charge in [-0.05, 0) is 23.1 Å². The van der Waals surface area contributed by atoms with Crippen molar-refractivity contribution in [1.82, 2.24) is 9.80 Å². The van der Waals surface area contributed by atoms with E-state index < -0.39 is 5.60 Å². The Hall–Kier alpha value is -2.04. The maximum Gasteiger partial charge on any atom is 0.319 e. The Balaban J connectivity index is 1.79. The Labute approximate surface area is 149 Å². The lowest BCUT2D eigenvalue weighted by Gasteiger charge is -2.44. The average molecular weight is 344 g/mol. The lowest BCUT2D eigenvalue weighted by molar-refractivity contribution is -0.00273. The molecule has 0 atom stereocenters. The summed E-state index contributed by atoms with van der Waals surface area (Å²) in [4.78, 5) is 28.3. The van der Waals surface area contributed by atoms with Gasteiger partial charge in [0, 0.05) is 40.0 Å². The summed E-state index contributed by atoms with van der Waals surface area (Å²) in [5.74, 6) is 0.844. The minimum absolute atomic E-state index is 0.00231. The standard InChI is InChI=1S/C20H28N2O3/c1-19(2,3)14-6-7-17-15(12-14)16(23)13-20(25-17)8-10-22(11-9-20)18(24)21(4)5/h6-7,12H,8-11,13H2,1-5H3. The van der Waals surface area contributed by atoms with Crippen molar-refractivity contribution in [3.05, 3.63) is 29.3 Å². The summed E-state index contributed by atoms with van der Waals surface area (Å²) in [6.07, 6.45) is 1.79. The van der Waals surface area contributed by atoms with E-state index in [1.807, 2.05) is 17.0 Å². The highest BCUT2D eigenvalue weighted by Gasteiger charge is 2.44. The number of carbonyl (C=O) groups excluding carboxylic acids is 2. The van der Waals surface area contributed by atoms with Gasteiger partial charge in [0.1, 0.15) is 11.4 Å². The Morgan fingerprint density at radius 1 is 1.20 bits per heavy atom. The molecular formula is C20H28N2O3. The second-order valence-electron chi connectivity index (χ2n) is 8.51. The van der Waals surface area contributed by atoms with Gasteiger partial charge in [-0.3, -0.25) is 4.79 Å². The summed E-state index contributed by atoms with van der Waals surface area (Å²) in [5, 5.41) is 0. The van der Waals surface area contributed by atoms with Crippen molar-refractivity contribution in [3.63, 3.8) is 0 Å². The number of amides is 2. The Morgan fingerprint density at radius 2 is 1.84 bits per heavy atom. The van der Waals surface area contributed by atoms with Crippen molar-refractivity contribution in [2.45, 2.75) is 51.0 Å². The van der Waals surface area contributed by atoms with Crippen molar-refractivity contribution in [3.8, 4) is 5.75 Å². The van der Waals surface area contributed by atoms with Gasteiger partial charge in [-0.25, -0.2) is 4.79 Å². The molecule has 25 heavy (non-hydrogen) atoms. The highest BCUT2D eigenvalue weighted by atomic mass is 16.5. The Morgan fingerprint density at radius 3 is 2.40 bits per heavy atom. The van der Waals surface area contributed by atoms with Crippen molar-refractivity contribution in [2.24, 2.45) is 0 Å². The largest absolute Gasteiger partial charge is 0.486 e. The van der Waals surface area contributed by atoms with Gasteiger partial charge in [0.05, 0.1) is 12.0 Å². The summed E-state index contributed by atoms with van der Waals surface area (Å²) >= 11 is 0. The third-order valence-electron chi connectivity index (χ3n) is 5.28. The number of likely N-dealkylation sites (tertiary alicyclic amines) is 1. The van der Waals surface area contributed by atoms with Crippen LogP contribution in [0.2, 0.25) is 0 Å². The maximum absolute atomic E-state index is 12.8. The van der Waals surface area contributed by atoms with E-state index in [9.17, 15) is 9.59 Å². The fourth-order valence-corrected chi connectivity index (χ4v) is 3.63. The summed E-state index contributed by atoms with van der Waals surface area (Å²) < 4.78 is 6.31. The van der Waals surface area contributed by atoms with Gasteiger partial charge in [0.25, 0.3) is 0 Å². The van der Waals surface area contributed by atoms with E-state index in [2.05, 4.69) is 26.8 Å². The van der Waals surface area contributed by atoms with Crippen molar-refractivity contribution in [1.29, 1.82) is 0 Å². The monoisotopic (exact) mass is 344 g/mol. The quantitative estimate of drug-likeness (QED) is 0.724. The molecule has 2 aliphatic rings. The first-order chi connectivity index (χ1) is 11.6. The van der Waals surface area contributed by atoms with Crippen LogP contribution in [0.25, 0.3) is 0 Å². The first kappa shape index (κ1) is 17.8. The third-order valence-corrected chi connectivity index (χ3v) is 5.28. The van der Waals surface area contributed by atoms with E-state index >= 15 is 0 Å². The summed E-state index contributed by atoms with van der Waals surface area (Å²) in [7, 11) is 3.52. The fourth-order valence-electron chi connectivity index (χ4n) is 3.63. The molecule has 1 saturated heterocycles. The van der Waals surface area contributed by atoms with E-state index in [1.54, 1.807) is 19.0 Å². The number of rotatable bonds is 0. The van der Waals surface area contributed by atoms with Gasteiger partial charge < -0.3 is 14.5 Å². The third kappa shape index (κ3) is 3.37. The Bertz CT molecular complexity index is 695. The van der Waals surface area contributed by atoms with Gasteiger partial charge in [-0.15, -0.1) is 0 Å². The minimum Gasteiger partial charge on any atom is -0.486 e. The molecule has 2 heterocycles. The normalized spacial score (nSPS) is 19.4. The lowest BCUT2D eigenvalue weighted by Crippen LogP contribution is -2.53. The van der Waals surface area contributed by atoms with Crippen LogP contribution in [0.1, 0.15) is 56.0 Å². The number of piperidine rings is 1. The predicted molar refractivity (Wildman–Crippen MR) is 97.3 cm³/mol. The van der Waals surface area contributed by atoms with Gasteiger partial charge in [0.2, 0.25) is 0 Å². The van der Waals surface area contributed by atoms with Crippen LogP contribution in [-0.2, 0) is 5.41 Å². The number of urea groups is 1. The number of nitrogens with zero attached hydrogens (tertiary/aromatic N) is 2. The first-order valence-corrected chi connectivity index (χ1v) is 8.94. The van der Waals surface area contributed by atoms with E-state index in [1.165, 1.54) is 0 Å². The molecule has 0 N–H and O–H groups in total. The van der Waals surface area contributed by atoms with Crippen LogP contribution in [0.3, 0.4) is 0 Å². The minimum atomic E-state index is -0.462. The molecule has 0 aliphatic carbocycles. The number of fused-ring (bicyclic) bond motifs is 1. The molecule has 5 heteroatoms. The number of benzene rings is 1. The van der Waals surface area contributed by atoms with Crippen LogP contribution in [0, 0.1) is 0 Å². The van der Waals surface area contributed by atoms with Crippen LogP contribution >= 0.6 is 0 Å². The number of hydrogen-bond donors (Lipinski definition) is 0. The molecule has 3 rings (SSSR count). The van der Waals surface area contributed by atoms with Gasteiger partial charge >= 0.3 is 6.03 Å². The van der Waals surface area contributed by atoms with Gasteiger partial charge in [-0.1, -0.05) is 26.8 Å². The van der Waals surface area contributed by atoms with E-state index in [0.717, 1.165) is 5.56 Å². The SMILES string of the molecule is CN(C)C(=O)N1CCC2(CC1)CC(=O)c1cc(C(C)(C)C)ccc1O2. The Kier molecular flexibility index (Phi) is 4.30. The van der Waals surface area contributed by atoms with Gasteiger partial charge in [-0.2, -0.15) is 0 Å². The molecule has 2 aliphatic heterocycles. The molecule has 0 saturated carbocycles. The molecule has 0 unspecified atom stereocenters. The number of Topliss-reactive ketones (excluding diaryl/α,β-unsaturated/α-hetero) is 1. The van der Waals surface area contributed by atoms with Crippen LogP contribution in [0.4, 0.5) is 4.79 Å². The molecule has 0 radical (unpaired) electrons. The molecular weight excluding hydrogens is 316 g/mol. The number of ketones is 1. The molecule has 1 aromatic rings. The summed E-state index contributed by atoms with van der Waals surface area (Å²) in [6.45, 7) is 7.67. The fraction of sp³-hybridized carbons (Fsp3) is 0.600. The topological polar surface area (TPSA) is 49.9 Å². The second-order valence-corrected chi connectivity index (χ2v) is 8.51. The number of carbonyl (C=O) groups is 2. The molecule has 0 bridgehead atoms. The zero-order valence-corrected chi connectivity index (χ0v) is 15.9. The van der Waals surface area contributed by atoms with E-state index in [-0.39, 0.29) is 17.2 Å². The molecule has 1 fully saturated rings. The lowest BCUT2D eigenvalue weighted by atomic mass is 9.80. The molecule has 1 aromatic carbocycles.